The molecule has 8 heteroatoms. The number of aryl methyl sites for hydroxylation is 1. The predicted octanol–water partition coefficient (Wildman–Crippen LogP) is 4.99. The highest BCUT2D eigenvalue weighted by molar-refractivity contribution is 7.04. The van der Waals surface area contributed by atoms with E-state index in [-0.39, 0.29) is 17.4 Å². The summed E-state index contributed by atoms with van der Waals surface area (Å²) >= 11 is 1.50. The Kier molecular flexibility index (Phi) is 6.53. The molecule has 5 nitrogen and oxygen atoms in total. The molecule has 2 fully saturated rings. The Morgan fingerprint density at radius 3 is 2.38 bits per heavy atom. The molecule has 0 spiro atoms. The van der Waals surface area contributed by atoms with Crippen molar-refractivity contribution in [2.45, 2.75) is 92.0 Å². The van der Waals surface area contributed by atoms with Crippen molar-refractivity contribution in [1.82, 2.24) is 8.86 Å². The molecule has 32 heavy (non-hydrogen) atoms. The average Bonchev–Trinajstić information content (AvgIpc) is 3.16. The lowest BCUT2D eigenvalue weighted by Gasteiger charge is -2.44. The van der Waals surface area contributed by atoms with E-state index in [9.17, 15) is 18.4 Å². The van der Waals surface area contributed by atoms with Crippen LogP contribution in [0.1, 0.15) is 79.7 Å². The fraction of sp³-hybridized carbons (Fsp3) is 0.792. The summed E-state index contributed by atoms with van der Waals surface area (Å²) in [6, 6.07) is 0. The van der Waals surface area contributed by atoms with Crippen LogP contribution in [0, 0.1) is 16.7 Å². The topological polar surface area (TPSA) is 54.7 Å². The maximum Gasteiger partial charge on any atom is 0.282 e. The van der Waals surface area contributed by atoms with E-state index in [1.165, 1.54) is 16.4 Å². The first-order valence-corrected chi connectivity index (χ1v) is 12.4. The Morgan fingerprint density at radius 2 is 1.84 bits per heavy atom. The monoisotopic (exact) mass is 469 g/mol. The fourth-order valence-corrected chi connectivity index (χ4v) is 5.79. The number of unbranched alkanes of at least 4 members (excludes halogenated alkanes) is 1. The molecule has 1 aromatic heterocycles. The number of hydrogen-bond acceptors (Lipinski definition) is 3. The first-order valence-electron chi connectivity index (χ1n) is 11.6. The Bertz CT molecular complexity index is 949. The first-order chi connectivity index (χ1) is 14.6. The van der Waals surface area contributed by atoms with Gasteiger partial charge in [0.25, 0.3) is 11.8 Å². The first kappa shape index (κ1) is 25.1. The molecule has 0 aromatic carbocycles. The maximum absolute atomic E-state index is 13.5. The molecule has 2 atom stereocenters. The van der Waals surface area contributed by atoms with Crippen molar-refractivity contribution in [2.75, 3.05) is 13.1 Å². The molecule has 1 aromatic rings. The van der Waals surface area contributed by atoms with Crippen molar-refractivity contribution in [3.63, 3.8) is 0 Å². The van der Waals surface area contributed by atoms with Gasteiger partial charge in [-0.1, -0.05) is 34.1 Å². The molecule has 2 amide bonds. The number of amides is 2. The second kappa shape index (κ2) is 8.33. The Labute approximate surface area is 194 Å². The molecule has 0 radical (unpaired) electrons. The van der Waals surface area contributed by atoms with E-state index in [1.54, 1.807) is 0 Å². The number of aromatic nitrogens is 1. The van der Waals surface area contributed by atoms with Crippen LogP contribution in [-0.4, -0.2) is 39.7 Å². The van der Waals surface area contributed by atoms with Gasteiger partial charge in [-0.05, 0) is 63.4 Å². The van der Waals surface area contributed by atoms with Crippen LogP contribution in [0.15, 0.2) is 11.2 Å². The lowest BCUT2D eigenvalue weighted by Crippen LogP contribution is -2.61. The number of hydrogen-bond donors (Lipinski definition) is 0. The third kappa shape index (κ3) is 4.44. The Morgan fingerprint density at radius 1 is 1.22 bits per heavy atom. The van der Waals surface area contributed by atoms with Crippen molar-refractivity contribution >= 4 is 23.3 Å². The smallest absolute Gasteiger partial charge is 0.282 e. The second-order valence-corrected chi connectivity index (χ2v) is 12.2. The zero-order chi connectivity index (χ0) is 24.1. The van der Waals surface area contributed by atoms with Crippen molar-refractivity contribution < 1.29 is 18.4 Å². The summed E-state index contributed by atoms with van der Waals surface area (Å²) in [6.07, 6.45) is 6.09. The van der Waals surface area contributed by atoms with Gasteiger partial charge in [0.05, 0.1) is 18.5 Å². The molecule has 0 bridgehead atoms. The maximum atomic E-state index is 13.5. The third-order valence-electron chi connectivity index (χ3n) is 7.55. The number of carbonyl (C=O) groups is 2. The zero-order valence-corrected chi connectivity index (χ0v) is 21.2. The lowest BCUT2D eigenvalue weighted by molar-refractivity contribution is -0.173. The molecule has 3 rings (SSSR count). The van der Waals surface area contributed by atoms with Gasteiger partial charge < -0.3 is 4.90 Å². The van der Waals surface area contributed by atoms with E-state index in [1.807, 2.05) is 20.8 Å². The number of rotatable bonds is 5. The number of halogens is 2. The Balaban J connectivity index is 1.89. The van der Waals surface area contributed by atoms with Gasteiger partial charge in [-0.2, -0.15) is 0 Å². The normalized spacial score (nSPS) is 27.5. The quantitative estimate of drug-likeness (QED) is 0.610. The standard InChI is InChI=1S/C24H37F2N3O2S/c1-8-9-10-16-13-29(21(2,3)4)32-18(16)27-20(31)23(7)12-11-17(22(23,5)6)19(30)28-14-24(25,26)15-28/h13,17H,8-12,14-15H2,1-7H3/t17-,23+/m1/s1. The largest absolute Gasteiger partial charge is 0.330 e. The molecule has 1 saturated carbocycles. The third-order valence-corrected chi connectivity index (χ3v) is 8.93. The van der Waals surface area contributed by atoms with Crippen LogP contribution in [-0.2, 0) is 21.5 Å². The van der Waals surface area contributed by atoms with Crippen molar-refractivity contribution in [3.8, 4) is 0 Å². The van der Waals surface area contributed by atoms with Gasteiger partial charge in [0, 0.05) is 23.2 Å². The SMILES string of the molecule is CCCCc1cn(C(C)(C)C)sc1=NC(=O)[C@]1(C)CC[C@H](C(=O)N2CC(F)(F)C2)C1(C)C. The molecule has 0 N–H and O–H groups in total. The molecule has 1 saturated heterocycles. The van der Waals surface area contributed by atoms with E-state index in [0.29, 0.717) is 12.8 Å². The fourth-order valence-electron chi connectivity index (χ4n) is 4.76. The summed E-state index contributed by atoms with van der Waals surface area (Å²) in [5.74, 6) is -3.72. The lowest BCUT2D eigenvalue weighted by atomic mass is 9.65. The molecular formula is C24H37F2N3O2S. The van der Waals surface area contributed by atoms with Crippen LogP contribution in [0.25, 0.3) is 0 Å². The van der Waals surface area contributed by atoms with Gasteiger partial charge in [0.15, 0.2) is 0 Å². The summed E-state index contributed by atoms with van der Waals surface area (Å²) < 4.78 is 29.5. The molecule has 1 aliphatic carbocycles. The highest BCUT2D eigenvalue weighted by Gasteiger charge is 2.60. The van der Waals surface area contributed by atoms with E-state index < -0.39 is 35.8 Å². The van der Waals surface area contributed by atoms with E-state index in [2.05, 4.69) is 42.8 Å². The van der Waals surface area contributed by atoms with Gasteiger partial charge >= 0.3 is 0 Å². The summed E-state index contributed by atoms with van der Waals surface area (Å²) in [7, 11) is 0. The summed E-state index contributed by atoms with van der Waals surface area (Å²) in [6.45, 7) is 13.2. The predicted molar refractivity (Wildman–Crippen MR) is 123 cm³/mol. The number of carbonyl (C=O) groups excluding carboxylic acids is 2. The minimum absolute atomic E-state index is 0.101. The van der Waals surface area contributed by atoms with Crippen LogP contribution in [0.2, 0.25) is 0 Å². The van der Waals surface area contributed by atoms with E-state index >= 15 is 0 Å². The van der Waals surface area contributed by atoms with Gasteiger partial charge in [-0.15, -0.1) is 0 Å². The van der Waals surface area contributed by atoms with Gasteiger partial charge in [-0.25, -0.2) is 13.8 Å². The molecule has 2 aliphatic rings. The highest BCUT2D eigenvalue weighted by atomic mass is 32.1. The summed E-state index contributed by atoms with van der Waals surface area (Å²) in [5.41, 5.74) is -0.513. The minimum Gasteiger partial charge on any atom is -0.330 e. The molecule has 180 valence electrons. The van der Waals surface area contributed by atoms with Crippen LogP contribution < -0.4 is 4.67 Å². The second-order valence-electron chi connectivity index (χ2n) is 11.3. The summed E-state index contributed by atoms with van der Waals surface area (Å²) in [4.78, 5) is 32.3. The van der Waals surface area contributed by atoms with Gasteiger partial charge in [0.1, 0.15) is 4.67 Å². The van der Waals surface area contributed by atoms with Gasteiger partial charge in [0.2, 0.25) is 5.91 Å². The molecule has 0 unspecified atom stereocenters. The number of likely N-dealkylation sites (tertiary alicyclic amines) is 1. The average molecular weight is 470 g/mol. The van der Waals surface area contributed by atoms with Crippen LogP contribution in [0.3, 0.4) is 0 Å². The molecular weight excluding hydrogens is 432 g/mol. The van der Waals surface area contributed by atoms with Gasteiger partial charge in [-0.3, -0.25) is 13.5 Å². The molecule has 2 heterocycles. The number of nitrogens with zero attached hydrogens (tertiary/aromatic N) is 3. The van der Waals surface area contributed by atoms with E-state index in [4.69, 9.17) is 0 Å². The van der Waals surface area contributed by atoms with Crippen LogP contribution >= 0.6 is 11.5 Å². The minimum atomic E-state index is -2.79. The van der Waals surface area contributed by atoms with Crippen LogP contribution in [0.5, 0.6) is 0 Å². The van der Waals surface area contributed by atoms with Crippen LogP contribution in [0.4, 0.5) is 8.78 Å². The van der Waals surface area contributed by atoms with Crippen molar-refractivity contribution in [1.29, 1.82) is 0 Å². The molecule has 1 aliphatic heterocycles. The number of alkyl halides is 2. The van der Waals surface area contributed by atoms with Crippen molar-refractivity contribution in [2.24, 2.45) is 21.7 Å². The Hall–Kier alpha value is -1.57. The zero-order valence-electron chi connectivity index (χ0n) is 20.4. The summed E-state index contributed by atoms with van der Waals surface area (Å²) in [5, 5.41) is 0. The van der Waals surface area contributed by atoms with E-state index in [0.717, 1.165) is 29.5 Å². The van der Waals surface area contributed by atoms with Crippen molar-refractivity contribution in [3.05, 3.63) is 16.4 Å². The highest BCUT2D eigenvalue weighted by Crippen LogP contribution is 2.57.